The topological polar surface area (TPSA) is 76.1 Å². The minimum atomic E-state index is -0.720. The smallest absolute Gasteiger partial charge is 0.295 e. The molecule has 1 fully saturated rings. The van der Waals surface area contributed by atoms with E-state index in [-0.39, 0.29) is 17.4 Å². The number of Topliss-reactive ketones (excluding diaryl/α,β-unsaturated/α-hetero) is 1. The van der Waals surface area contributed by atoms with Gasteiger partial charge in [-0.2, -0.15) is 0 Å². The van der Waals surface area contributed by atoms with Crippen molar-refractivity contribution in [2.75, 3.05) is 20.3 Å². The maximum atomic E-state index is 13.0. The normalized spacial score (nSPS) is 18.1. The zero-order valence-corrected chi connectivity index (χ0v) is 18.6. The summed E-state index contributed by atoms with van der Waals surface area (Å²) in [4.78, 5) is 27.4. The van der Waals surface area contributed by atoms with Crippen LogP contribution in [0.1, 0.15) is 37.4 Å². The highest BCUT2D eigenvalue weighted by atomic mass is 35.5. The van der Waals surface area contributed by atoms with Crippen LogP contribution in [0.25, 0.3) is 5.76 Å². The maximum absolute atomic E-state index is 13.0. The Balaban J connectivity index is 2.03. The molecular weight excluding hydrogens is 418 g/mol. The Morgan fingerprint density at radius 1 is 1.16 bits per heavy atom. The van der Waals surface area contributed by atoms with Crippen LogP contribution in [0, 0.1) is 0 Å². The Hall–Kier alpha value is -2.83. The summed E-state index contributed by atoms with van der Waals surface area (Å²) in [7, 11) is 1.52. The average molecular weight is 444 g/mol. The van der Waals surface area contributed by atoms with Crippen LogP contribution in [0.2, 0.25) is 5.02 Å². The van der Waals surface area contributed by atoms with Gasteiger partial charge in [0.15, 0.2) is 0 Å². The van der Waals surface area contributed by atoms with Gasteiger partial charge in [-0.3, -0.25) is 9.59 Å². The molecule has 0 radical (unpaired) electrons. The van der Waals surface area contributed by atoms with Gasteiger partial charge in [0, 0.05) is 23.7 Å². The first-order chi connectivity index (χ1) is 14.8. The number of aliphatic hydroxyl groups excluding tert-OH is 1. The number of hydrogen-bond acceptors (Lipinski definition) is 5. The summed E-state index contributed by atoms with van der Waals surface area (Å²) < 4.78 is 10.8. The third kappa shape index (κ3) is 5.09. The number of amides is 1. The number of carbonyl (C=O) groups is 2. The van der Waals surface area contributed by atoms with E-state index in [1.54, 1.807) is 48.5 Å². The van der Waals surface area contributed by atoms with Crippen LogP contribution in [0.3, 0.4) is 0 Å². The zero-order chi connectivity index (χ0) is 22.5. The lowest BCUT2D eigenvalue weighted by atomic mass is 9.95. The Kier molecular flexibility index (Phi) is 7.36. The van der Waals surface area contributed by atoms with Crippen molar-refractivity contribution in [1.29, 1.82) is 0 Å². The number of aliphatic hydroxyl groups is 1. The summed E-state index contributed by atoms with van der Waals surface area (Å²) in [5, 5.41) is 11.6. The zero-order valence-electron chi connectivity index (χ0n) is 17.8. The van der Waals surface area contributed by atoms with Gasteiger partial charge in [-0.1, -0.05) is 35.9 Å². The van der Waals surface area contributed by atoms with Crippen molar-refractivity contribution >= 4 is 29.1 Å². The van der Waals surface area contributed by atoms with Crippen LogP contribution >= 0.6 is 11.6 Å². The van der Waals surface area contributed by atoms with Crippen LogP contribution in [-0.2, 0) is 14.3 Å². The van der Waals surface area contributed by atoms with Gasteiger partial charge in [0.25, 0.3) is 11.7 Å². The second-order valence-corrected chi connectivity index (χ2v) is 7.99. The van der Waals surface area contributed by atoms with Crippen molar-refractivity contribution in [2.24, 2.45) is 0 Å². The molecule has 31 heavy (non-hydrogen) atoms. The van der Waals surface area contributed by atoms with Crippen molar-refractivity contribution in [2.45, 2.75) is 32.4 Å². The molecule has 1 aliphatic rings. The van der Waals surface area contributed by atoms with Gasteiger partial charge in [-0.15, -0.1) is 0 Å². The fourth-order valence-electron chi connectivity index (χ4n) is 3.58. The molecule has 1 aliphatic heterocycles. The Morgan fingerprint density at radius 3 is 2.52 bits per heavy atom. The van der Waals surface area contributed by atoms with Gasteiger partial charge in [-0.05, 0) is 50.1 Å². The summed E-state index contributed by atoms with van der Waals surface area (Å²) in [5.74, 6) is -1.07. The number of likely N-dealkylation sites (tertiary alicyclic amines) is 1. The summed E-state index contributed by atoms with van der Waals surface area (Å²) in [6, 6.07) is 12.9. The lowest BCUT2D eigenvalue weighted by molar-refractivity contribution is -0.140. The number of halogens is 1. The fraction of sp³-hybridized carbons (Fsp3) is 0.333. The molecule has 164 valence electrons. The van der Waals surface area contributed by atoms with E-state index in [0.717, 1.165) is 0 Å². The fourth-order valence-corrected chi connectivity index (χ4v) is 3.71. The van der Waals surface area contributed by atoms with E-state index in [1.807, 2.05) is 13.8 Å². The van der Waals surface area contributed by atoms with Crippen molar-refractivity contribution < 1.29 is 24.2 Å². The number of ether oxygens (including phenoxy) is 2. The molecule has 1 N–H and O–H groups in total. The average Bonchev–Trinajstić information content (AvgIpc) is 3.01. The first-order valence-electron chi connectivity index (χ1n) is 10.1. The number of carbonyl (C=O) groups excluding carboxylic acids is 2. The number of benzene rings is 2. The summed E-state index contributed by atoms with van der Waals surface area (Å²) >= 11 is 6.03. The van der Waals surface area contributed by atoms with Gasteiger partial charge in [0.1, 0.15) is 11.5 Å². The van der Waals surface area contributed by atoms with Crippen molar-refractivity contribution in [1.82, 2.24) is 4.90 Å². The summed E-state index contributed by atoms with van der Waals surface area (Å²) in [6.45, 7) is 4.66. The minimum absolute atomic E-state index is 0.0466. The summed E-state index contributed by atoms with van der Waals surface area (Å²) in [5.41, 5.74) is 1.14. The molecule has 6 nitrogen and oxygen atoms in total. The largest absolute Gasteiger partial charge is 0.507 e. The number of nitrogens with zero attached hydrogens (tertiary/aromatic N) is 1. The lowest BCUT2D eigenvalue weighted by Crippen LogP contribution is -2.31. The van der Waals surface area contributed by atoms with Crippen LogP contribution in [0.15, 0.2) is 54.1 Å². The molecule has 1 heterocycles. The number of ketones is 1. The second kappa shape index (κ2) is 9.98. The second-order valence-electron chi connectivity index (χ2n) is 7.55. The molecule has 0 unspecified atom stereocenters. The van der Waals surface area contributed by atoms with E-state index < -0.39 is 17.7 Å². The molecule has 1 amide bonds. The van der Waals surface area contributed by atoms with E-state index in [2.05, 4.69) is 0 Å². The summed E-state index contributed by atoms with van der Waals surface area (Å²) in [6.07, 6.45) is 0.643. The quantitative estimate of drug-likeness (QED) is 0.279. The third-order valence-electron chi connectivity index (χ3n) is 5.06. The molecule has 0 spiro atoms. The van der Waals surface area contributed by atoms with Crippen molar-refractivity contribution in [3.63, 3.8) is 0 Å². The first-order valence-corrected chi connectivity index (χ1v) is 10.5. The van der Waals surface area contributed by atoms with Crippen molar-refractivity contribution in [3.8, 4) is 5.75 Å². The number of methoxy groups -OCH3 is 1. The monoisotopic (exact) mass is 443 g/mol. The highest BCUT2D eigenvalue weighted by molar-refractivity contribution is 6.46. The van der Waals surface area contributed by atoms with Gasteiger partial charge in [0.05, 0.1) is 24.8 Å². The van der Waals surface area contributed by atoms with Crippen LogP contribution in [0.5, 0.6) is 5.75 Å². The molecule has 2 aromatic carbocycles. The molecule has 2 aromatic rings. The standard InChI is InChI=1S/C24H26ClNO5/c1-15(2)31-13-5-12-26-21(16-8-10-18(25)11-9-16)20(23(28)24(26)29)22(27)17-6-4-7-19(14-17)30-3/h4,6-11,14-15,21,27H,5,12-13H2,1-3H3/t21-/m1/s1. The van der Waals surface area contributed by atoms with E-state index >= 15 is 0 Å². The minimum Gasteiger partial charge on any atom is -0.507 e. The van der Waals surface area contributed by atoms with E-state index in [1.165, 1.54) is 12.0 Å². The van der Waals surface area contributed by atoms with Crippen molar-refractivity contribution in [3.05, 3.63) is 70.3 Å². The Bertz CT molecular complexity index is 984. The van der Waals surface area contributed by atoms with Gasteiger partial charge in [0.2, 0.25) is 0 Å². The molecule has 0 aromatic heterocycles. The van der Waals surface area contributed by atoms with E-state index in [0.29, 0.717) is 41.5 Å². The molecular formula is C24H26ClNO5. The molecule has 3 rings (SSSR count). The van der Waals surface area contributed by atoms with Crippen LogP contribution in [0.4, 0.5) is 0 Å². The first kappa shape index (κ1) is 22.8. The van der Waals surface area contributed by atoms with E-state index in [9.17, 15) is 14.7 Å². The molecule has 0 bridgehead atoms. The Labute approximate surface area is 187 Å². The lowest BCUT2D eigenvalue weighted by Gasteiger charge is -2.25. The Morgan fingerprint density at radius 2 is 1.87 bits per heavy atom. The predicted octanol–water partition coefficient (Wildman–Crippen LogP) is 4.59. The molecule has 1 saturated heterocycles. The van der Waals surface area contributed by atoms with Crippen LogP contribution < -0.4 is 4.74 Å². The molecule has 7 heteroatoms. The molecule has 0 saturated carbocycles. The van der Waals surface area contributed by atoms with Crippen LogP contribution in [-0.4, -0.2) is 48.1 Å². The molecule has 0 aliphatic carbocycles. The SMILES string of the molecule is COc1cccc(C(O)=C2C(=O)C(=O)N(CCCOC(C)C)[C@@H]2c2ccc(Cl)cc2)c1. The van der Waals surface area contributed by atoms with Gasteiger partial charge in [-0.25, -0.2) is 0 Å². The predicted molar refractivity (Wildman–Crippen MR) is 119 cm³/mol. The molecule has 1 atom stereocenters. The number of rotatable bonds is 8. The maximum Gasteiger partial charge on any atom is 0.295 e. The van der Waals surface area contributed by atoms with Gasteiger partial charge >= 0.3 is 0 Å². The van der Waals surface area contributed by atoms with E-state index in [4.69, 9.17) is 21.1 Å². The highest BCUT2D eigenvalue weighted by Gasteiger charge is 2.45. The number of hydrogen-bond donors (Lipinski definition) is 1. The van der Waals surface area contributed by atoms with Gasteiger partial charge < -0.3 is 19.5 Å². The third-order valence-corrected chi connectivity index (χ3v) is 5.32. The highest BCUT2D eigenvalue weighted by Crippen LogP contribution is 2.40.